The maximum Gasteiger partial charge on any atom is 0.253 e. The number of carbonyl (C=O) groups excluding carboxylic acids is 2. The molecule has 2 amide bonds. The molecule has 5 nitrogen and oxygen atoms in total. The smallest absolute Gasteiger partial charge is 0.253 e. The van der Waals surface area contributed by atoms with Crippen LogP contribution in [0.15, 0.2) is 24.3 Å². The first-order chi connectivity index (χ1) is 11.6. The second kappa shape index (κ2) is 9.20. The van der Waals surface area contributed by atoms with Gasteiger partial charge in [-0.3, -0.25) is 9.59 Å². The van der Waals surface area contributed by atoms with Crippen LogP contribution in [0.3, 0.4) is 0 Å². The number of nitrogens with one attached hydrogen (secondary N) is 1. The summed E-state index contributed by atoms with van der Waals surface area (Å²) in [6, 6.07) is 8.06. The molecule has 2 aliphatic rings. The van der Waals surface area contributed by atoms with E-state index in [1.165, 1.54) is 0 Å². The molecule has 2 saturated heterocycles. The summed E-state index contributed by atoms with van der Waals surface area (Å²) in [5, 5.41) is 3.38. The van der Waals surface area contributed by atoms with Crippen LogP contribution in [-0.4, -0.2) is 60.4 Å². The van der Waals surface area contributed by atoms with Gasteiger partial charge in [-0.25, -0.2) is 0 Å². The highest BCUT2D eigenvalue weighted by Crippen LogP contribution is 2.14. The molecule has 1 N–H and O–H groups in total. The van der Waals surface area contributed by atoms with Crippen molar-refractivity contribution in [2.24, 2.45) is 0 Å². The normalized spacial score (nSPS) is 20.8. The molecule has 1 unspecified atom stereocenters. The highest BCUT2D eigenvalue weighted by molar-refractivity contribution is 5.94. The molecule has 25 heavy (non-hydrogen) atoms. The molecular formula is C19H28ClN3O2. The third-order valence-corrected chi connectivity index (χ3v) is 4.98. The Bertz CT molecular complexity index is 602. The Morgan fingerprint density at radius 3 is 2.60 bits per heavy atom. The van der Waals surface area contributed by atoms with Gasteiger partial charge >= 0.3 is 0 Å². The number of aryl methyl sites for hydroxylation is 1. The van der Waals surface area contributed by atoms with E-state index < -0.39 is 0 Å². The lowest BCUT2D eigenvalue weighted by atomic mass is 10.1. The van der Waals surface area contributed by atoms with Gasteiger partial charge in [-0.05, 0) is 44.9 Å². The molecule has 1 atom stereocenters. The number of benzene rings is 1. The molecule has 2 heterocycles. The lowest BCUT2D eigenvalue weighted by molar-refractivity contribution is -0.131. The first-order valence-corrected chi connectivity index (χ1v) is 9.00. The van der Waals surface area contributed by atoms with Gasteiger partial charge in [0.2, 0.25) is 5.91 Å². The zero-order chi connectivity index (χ0) is 16.9. The fourth-order valence-electron chi connectivity index (χ4n) is 3.60. The van der Waals surface area contributed by atoms with Crippen LogP contribution in [0.5, 0.6) is 0 Å². The van der Waals surface area contributed by atoms with E-state index in [9.17, 15) is 9.59 Å². The largest absolute Gasteiger partial charge is 0.341 e. The first-order valence-electron chi connectivity index (χ1n) is 9.00. The van der Waals surface area contributed by atoms with Gasteiger partial charge in [0.1, 0.15) is 0 Å². The van der Waals surface area contributed by atoms with Crippen molar-refractivity contribution in [2.75, 3.05) is 32.7 Å². The maximum atomic E-state index is 12.7. The lowest BCUT2D eigenvalue weighted by Crippen LogP contribution is -2.39. The van der Waals surface area contributed by atoms with Gasteiger partial charge < -0.3 is 15.1 Å². The van der Waals surface area contributed by atoms with Gasteiger partial charge in [0.05, 0.1) is 0 Å². The molecule has 0 aliphatic carbocycles. The van der Waals surface area contributed by atoms with Crippen molar-refractivity contribution < 1.29 is 9.59 Å². The Morgan fingerprint density at radius 2 is 1.88 bits per heavy atom. The Morgan fingerprint density at radius 1 is 1.12 bits per heavy atom. The fourth-order valence-corrected chi connectivity index (χ4v) is 3.60. The van der Waals surface area contributed by atoms with Crippen LogP contribution in [0.25, 0.3) is 0 Å². The monoisotopic (exact) mass is 365 g/mol. The number of nitrogens with zero attached hydrogens (tertiary/aromatic N) is 2. The van der Waals surface area contributed by atoms with Crippen LogP contribution < -0.4 is 5.32 Å². The number of amides is 2. The Balaban J connectivity index is 0.00000225. The molecule has 3 rings (SSSR count). The van der Waals surface area contributed by atoms with E-state index in [4.69, 9.17) is 0 Å². The predicted octanol–water partition coefficient (Wildman–Crippen LogP) is 2.23. The molecule has 0 aromatic heterocycles. The summed E-state index contributed by atoms with van der Waals surface area (Å²) in [6.45, 7) is 5.76. The Kier molecular flexibility index (Phi) is 7.26. The zero-order valence-corrected chi connectivity index (χ0v) is 15.7. The van der Waals surface area contributed by atoms with Gasteiger partial charge in [-0.15, -0.1) is 12.4 Å². The summed E-state index contributed by atoms with van der Waals surface area (Å²) in [6.07, 6.45) is 3.70. The molecule has 1 aromatic rings. The molecule has 138 valence electrons. The number of hydrogen-bond acceptors (Lipinski definition) is 3. The first kappa shape index (κ1) is 19.7. The minimum Gasteiger partial charge on any atom is -0.341 e. The van der Waals surface area contributed by atoms with Crippen LogP contribution in [0.1, 0.15) is 41.6 Å². The molecule has 2 aliphatic heterocycles. The van der Waals surface area contributed by atoms with Gasteiger partial charge in [0.15, 0.2) is 0 Å². The Labute approximate surface area is 156 Å². The summed E-state index contributed by atoms with van der Waals surface area (Å²) in [5.41, 5.74) is 1.83. The summed E-state index contributed by atoms with van der Waals surface area (Å²) in [7, 11) is 0. The van der Waals surface area contributed by atoms with E-state index in [1.54, 1.807) is 0 Å². The van der Waals surface area contributed by atoms with Crippen LogP contribution in [0.4, 0.5) is 0 Å². The molecule has 6 heteroatoms. The van der Waals surface area contributed by atoms with Gasteiger partial charge in [-0.2, -0.15) is 0 Å². The molecule has 2 fully saturated rings. The molecule has 0 bridgehead atoms. The van der Waals surface area contributed by atoms with Gasteiger partial charge in [-0.1, -0.05) is 17.7 Å². The van der Waals surface area contributed by atoms with E-state index in [2.05, 4.69) is 5.32 Å². The van der Waals surface area contributed by atoms with Crippen LogP contribution in [-0.2, 0) is 4.79 Å². The lowest BCUT2D eigenvalue weighted by Gasteiger charge is -2.23. The van der Waals surface area contributed by atoms with Crippen molar-refractivity contribution in [3.05, 3.63) is 35.4 Å². The number of halogens is 1. The van der Waals surface area contributed by atoms with Crippen LogP contribution in [0, 0.1) is 6.92 Å². The fraction of sp³-hybridized carbons (Fsp3) is 0.579. The minimum absolute atomic E-state index is 0. The van der Waals surface area contributed by atoms with Gasteiger partial charge in [0, 0.05) is 44.2 Å². The second-order valence-corrected chi connectivity index (χ2v) is 6.89. The van der Waals surface area contributed by atoms with Crippen molar-refractivity contribution >= 4 is 24.2 Å². The van der Waals surface area contributed by atoms with E-state index >= 15 is 0 Å². The maximum absolute atomic E-state index is 12.7. The number of rotatable bonds is 3. The molecule has 0 spiro atoms. The van der Waals surface area contributed by atoms with Crippen molar-refractivity contribution in [3.8, 4) is 0 Å². The molecule has 0 saturated carbocycles. The van der Waals surface area contributed by atoms with Crippen LogP contribution >= 0.6 is 12.4 Å². The third-order valence-electron chi connectivity index (χ3n) is 4.98. The number of carbonyl (C=O) groups is 2. The topological polar surface area (TPSA) is 52.7 Å². The highest BCUT2D eigenvalue weighted by atomic mass is 35.5. The summed E-state index contributed by atoms with van der Waals surface area (Å²) in [5.74, 6) is 0.296. The number of hydrogen-bond donors (Lipinski definition) is 1. The average molecular weight is 366 g/mol. The molecule has 0 radical (unpaired) electrons. The summed E-state index contributed by atoms with van der Waals surface area (Å²) >= 11 is 0. The van der Waals surface area contributed by atoms with E-state index in [-0.39, 0.29) is 24.2 Å². The van der Waals surface area contributed by atoms with Crippen molar-refractivity contribution in [1.29, 1.82) is 0 Å². The SMILES string of the molecule is Cc1cccc(C(=O)N2CCCN(C(=O)CC3CCCN3)CC2)c1.Cl. The molecular weight excluding hydrogens is 338 g/mol. The standard InChI is InChI=1S/C19H27N3O2.ClH/c1-15-5-2-6-16(13-15)19(24)22-10-4-9-21(11-12-22)18(23)14-17-7-3-8-20-17;/h2,5-6,13,17,20H,3-4,7-12,14H2,1H3;1H. The van der Waals surface area contributed by atoms with Crippen molar-refractivity contribution in [2.45, 2.75) is 38.6 Å². The van der Waals surface area contributed by atoms with E-state index in [0.29, 0.717) is 25.6 Å². The van der Waals surface area contributed by atoms with Crippen molar-refractivity contribution in [1.82, 2.24) is 15.1 Å². The van der Waals surface area contributed by atoms with Crippen LogP contribution in [0.2, 0.25) is 0 Å². The van der Waals surface area contributed by atoms with Crippen molar-refractivity contribution in [3.63, 3.8) is 0 Å². The minimum atomic E-state index is 0. The molecule has 1 aromatic carbocycles. The third kappa shape index (κ3) is 5.19. The second-order valence-electron chi connectivity index (χ2n) is 6.89. The highest BCUT2D eigenvalue weighted by Gasteiger charge is 2.25. The van der Waals surface area contributed by atoms with E-state index in [1.807, 2.05) is 41.0 Å². The van der Waals surface area contributed by atoms with Gasteiger partial charge in [0.25, 0.3) is 5.91 Å². The zero-order valence-electron chi connectivity index (χ0n) is 14.9. The average Bonchev–Trinajstić information content (AvgIpc) is 2.95. The van der Waals surface area contributed by atoms with E-state index in [0.717, 1.165) is 50.0 Å². The summed E-state index contributed by atoms with van der Waals surface area (Å²) in [4.78, 5) is 29.0. The predicted molar refractivity (Wildman–Crippen MR) is 101 cm³/mol. The summed E-state index contributed by atoms with van der Waals surface area (Å²) < 4.78 is 0. The quantitative estimate of drug-likeness (QED) is 0.893. The Hall–Kier alpha value is -1.59.